The number of nitrogens with one attached hydrogen (secondary N) is 1. The van der Waals surface area contributed by atoms with E-state index < -0.39 is 5.97 Å². The van der Waals surface area contributed by atoms with Crippen LogP contribution in [0.3, 0.4) is 0 Å². The number of likely N-dealkylation sites (tertiary alicyclic amines) is 1. The van der Waals surface area contributed by atoms with Crippen LogP contribution in [0, 0.1) is 5.92 Å². The fourth-order valence-electron chi connectivity index (χ4n) is 2.31. The first-order valence-electron chi connectivity index (χ1n) is 6.45. The molecule has 0 radical (unpaired) electrons. The van der Waals surface area contributed by atoms with Gasteiger partial charge in [-0.2, -0.15) is 0 Å². The average Bonchev–Trinajstić information content (AvgIpc) is 2.39. The molecule has 1 atom stereocenters. The van der Waals surface area contributed by atoms with Crippen molar-refractivity contribution in [3.05, 3.63) is 29.8 Å². The van der Waals surface area contributed by atoms with Crippen molar-refractivity contribution in [3.63, 3.8) is 0 Å². The third kappa shape index (κ3) is 3.47. The summed E-state index contributed by atoms with van der Waals surface area (Å²) >= 11 is 0. The molecule has 0 bridgehead atoms. The van der Waals surface area contributed by atoms with Crippen LogP contribution in [0.2, 0.25) is 0 Å². The van der Waals surface area contributed by atoms with E-state index in [2.05, 4.69) is 12.2 Å². The molecule has 5 nitrogen and oxygen atoms in total. The molecule has 1 unspecified atom stereocenters. The van der Waals surface area contributed by atoms with Gasteiger partial charge < -0.3 is 15.3 Å². The maximum atomic E-state index is 12.1. The Balaban J connectivity index is 2.02. The van der Waals surface area contributed by atoms with Crippen LogP contribution in [0.15, 0.2) is 24.3 Å². The lowest BCUT2D eigenvalue weighted by molar-refractivity contribution is 0.0697. The molecule has 1 heterocycles. The van der Waals surface area contributed by atoms with Crippen LogP contribution in [0.5, 0.6) is 0 Å². The SMILES string of the molecule is CC1CCCN(C(=O)Nc2cccc(C(=O)O)c2)C1. The van der Waals surface area contributed by atoms with Gasteiger partial charge in [-0.05, 0) is 37.0 Å². The third-order valence-electron chi connectivity index (χ3n) is 3.31. The maximum absolute atomic E-state index is 12.1. The van der Waals surface area contributed by atoms with E-state index in [-0.39, 0.29) is 11.6 Å². The predicted molar refractivity (Wildman–Crippen MR) is 72.4 cm³/mol. The van der Waals surface area contributed by atoms with E-state index in [1.807, 2.05) is 0 Å². The fourth-order valence-corrected chi connectivity index (χ4v) is 2.31. The summed E-state index contributed by atoms with van der Waals surface area (Å²) in [5.74, 6) is -0.479. The first-order chi connectivity index (χ1) is 9.06. The van der Waals surface area contributed by atoms with Gasteiger partial charge in [0.2, 0.25) is 0 Å². The van der Waals surface area contributed by atoms with Crippen LogP contribution in [0.1, 0.15) is 30.1 Å². The van der Waals surface area contributed by atoms with Crippen molar-refractivity contribution in [1.82, 2.24) is 4.90 Å². The zero-order valence-electron chi connectivity index (χ0n) is 10.9. The number of piperidine rings is 1. The number of benzene rings is 1. The lowest BCUT2D eigenvalue weighted by Crippen LogP contribution is -2.41. The number of amides is 2. The molecule has 19 heavy (non-hydrogen) atoms. The van der Waals surface area contributed by atoms with Gasteiger partial charge in [0.05, 0.1) is 5.56 Å². The highest BCUT2D eigenvalue weighted by molar-refractivity contribution is 5.93. The van der Waals surface area contributed by atoms with Gasteiger partial charge in [-0.3, -0.25) is 0 Å². The van der Waals surface area contributed by atoms with Crippen molar-refractivity contribution >= 4 is 17.7 Å². The number of nitrogens with zero attached hydrogens (tertiary/aromatic N) is 1. The Morgan fingerprint density at radius 1 is 1.42 bits per heavy atom. The molecule has 1 aromatic rings. The van der Waals surface area contributed by atoms with Crippen LogP contribution < -0.4 is 5.32 Å². The molecule has 0 saturated carbocycles. The number of hydrogen-bond donors (Lipinski definition) is 2. The van der Waals surface area contributed by atoms with E-state index >= 15 is 0 Å². The second kappa shape index (κ2) is 5.73. The molecule has 1 aromatic carbocycles. The Labute approximate surface area is 112 Å². The highest BCUT2D eigenvalue weighted by Crippen LogP contribution is 2.17. The third-order valence-corrected chi connectivity index (χ3v) is 3.31. The number of carboxylic acid groups (broad SMARTS) is 1. The summed E-state index contributed by atoms with van der Waals surface area (Å²) in [6.07, 6.45) is 2.17. The van der Waals surface area contributed by atoms with Crippen LogP contribution in [0.4, 0.5) is 10.5 Å². The van der Waals surface area contributed by atoms with Gasteiger partial charge in [0.25, 0.3) is 0 Å². The Hall–Kier alpha value is -2.04. The zero-order chi connectivity index (χ0) is 13.8. The quantitative estimate of drug-likeness (QED) is 0.860. The Morgan fingerprint density at radius 2 is 2.21 bits per heavy atom. The summed E-state index contributed by atoms with van der Waals surface area (Å²) in [4.78, 5) is 24.7. The smallest absolute Gasteiger partial charge is 0.335 e. The van der Waals surface area contributed by atoms with E-state index in [4.69, 9.17) is 5.11 Å². The topological polar surface area (TPSA) is 69.6 Å². The van der Waals surface area contributed by atoms with Gasteiger partial charge in [-0.25, -0.2) is 9.59 Å². The molecule has 102 valence electrons. The molecular weight excluding hydrogens is 244 g/mol. The largest absolute Gasteiger partial charge is 0.478 e. The molecule has 1 aliphatic heterocycles. The molecule has 1 fully saturated rings. The van der Waals surface area contributed by atoms with E-state index in [1.54, 1.807) is 17.0 Å². The standard InChI is InChI=1S/C14H18N2O3/c1-10-4-3-7-16(9-10)14(19)15-12-6-2-5-11(8-12)13(17)18/h2,5-6,8,10H,3-4,7,9H2,1H3,(H,15,19)(H,17,18). The minimum atomic E-state index is -0.998. The number of rotatable bonds is 2. The molecule has 0 aliphatic carbocycles. The number of anilines is 1. The van der Waals surface area contributed by atoms with Crippen molar-refractivity contribution < 1.29 is 14.7 Å². The van der Waals surface area contributed by atoms with E-state index in [0.29, 0.717) is 11.6 Å². The number of carbonyl (C=O) groups is 2. The van der Waals surface area contributed by atoms with Gasteiger partial charge >= 0.3 is 12.0 Å². The van der Waals surface area contributed by atoms with Crippen molar-refractivity contribution in [3.8, 4) is 0 Å². The van der Waals surface area contributed by atoms with Gasteiger partial charge in [0.1, 0.15) is 0 Å². The normalized spacial score (nSPS) is 19.0. The lowest BCUT2D eigenvalue weighted by atomic mass is 10.0. The molecular formula is C14H18N2O3. The Kier molecular flexibility index (Phi) is 4.04. The van der Waals surface area contributed by atoms with E-state index in [1.165, 1.54) is 12.1 Å². The second-order valence-corrected chi connectivity index (χ2v) is 5.01. The summed E-state index contributed by atoms with van der Waals surface area (Å²) in [6, 6.07) is 6.12. The molecule has 1 aliphatic rings. The maximum Gasteiger partial charge on any atom is 0.335 e. The van der Waals surface area contributed by atoms with E-state index in [9.17, 15) is 9.59 Å². The first kappa shape index (κ1) is 13.4. The van der Waals surface area contributed by atoms with E-state index in [0.717, 1.165) is 25.9 Å². The molecule has 1 saturated heterocycles. The molecule has 5 heteroatoms. The predicted octanol–water partition coefficient (Wildman–Crippen LogP) is 2.65. The zero-order valence-corrected chi connectivity index (χ0v) is 10.9. The summed E-state index contributed by atoms with van der Waals surface area (Å²) in [6.45, 7) is 3.64. The molecule has 2 N–H and O–H groups in total. The minimum absolute atomic E-state index is 0.158. The highest BCUT2D eigenvalue weighted by Gasteiger charge is 2.20. The Bertz CT molecular complexity index is 487. The van der Waals surface area contributed by atoms with Crippen molar-refractivity contribution in [1.29, 1.82) is 0 Å². The van der Waals surface area contributed by atoms with Crippen LogP contribution in [-0.4, -0.2) is 35.1 Å². The van der Waals surface area contributed by atoms with Gasteiger partial charge in [0.15, 0.2) is 0 Å². The van der Waals surface area contributed by atoms with Gasteiger partial charge in [-0.1, -0.05) is 13.0 Å². The minimum Gasteiger partial charge on any atom is -0.478 e. The fraction of sp³-hybridized carbons (Fsp3) is 0.429. The lowest BCUT2D eigenvalue weighted by Gasteiger charge is -2.30. The highest BCUT2D eigenvalue weighted by atomic mass is 16.4. The number of urea groups is 1. The Morgan fingerprint density at radius 3 is 2.89 bits per heavy atom. The van der Waals surface area contributed by atoms with Crippen molar-refractivity contribution in [2.75, 3.05) is 18.4 Å². The monoisotopic (exact) mass is 262 g/mol. The van der Waals surface area contributed by atoms with Crippen molar-refractivity contribution in [2.45, 2.75) is 19.8 Å². The van der Waals surface area contributed by atoms with Gasteiger partial charge in [0, 0.05) is 18.8 Å². The first-order valence-corrected chi connectivity index (χ1v) is 6.45. The van der Waals surface area contributed by atoms with Crippen LogP contribution >= 0.6 is 0 Å². The molecule has 0 aromatic heterocycles. The van der Waals surface area contributed by atoms with Crippen LogP contribution in [-0.2, 0) is 0 Å². The number of aromatic carboxylic acids is 1. The van der Waals surface area contributed by atoms with Crippen LogP contribution in [0.25, 0.3) is 0 Å². The molecule has 2 rings (SSSR count). The molecule has 0 spiro atoms. The number of hydrogen-bond acceptors (Lipinski definition) is 2. The summed E-state index contributed by atoms with van der Waals surface area (Å²) < 4.78 is 0. The summed E-state index contributed by atoms with van der Waals surface area (Å²) in [5, 5.41) is 11.7. The number of carboxylic acids is 1. The summed E-state index contributed by atoms with van der Waals surface area (Å²) in [5.41, 5.74) is 0.688. The number of carbonyl (C=O) groups excluding carboxylic acids is 1. The van der Waals surface area contributed by atoms with Crippen molar-refractivity contribution in [2.24, 2.45) is 5.92 Å². The van der Waals surface area contributed by atoms with Gasteiger partial charge in [-0.15, -0.1) is 0 Å². The molecule has 2 amide bonds. The summed E-state index contributed by atoms with van der Waals surface area (Å²) in [7, 11) is 0. The second-order valence-electron chi connectivity index (χ2n) is 5.01. The average molecular weight is 262 g/mol.